The summed E-state index contributed by atoms with van der Waals surface area (Å²) < 4.78 is 3.31. The zero-order valence-corrected chi connectivity index (χ0v) is 8.87. The molecule has 1 aromatic carbocycles. The van der Waals surface area contributed by atoms with Gasteiger partial charge >= 0.3 is 0 Å². The predicted molar refractivity (Wildman–Crippen MR) is 61.4 cm³/mol. The second-order valence-corrected chi connectivity index (χ2v) is 4.47. The second-order valence-electron chi connectivity index (χ2n) is 3.46. The lowest BCUT2D eigenvalue weighted by atomic mass is 10.1. The fraction of sp³-hybridized carbons (Fsp3) is 0.182. The molecule has 0 spiro atoms. The normalized spacial score (nSPS) is 11.5. The maximum atomic E-state index is 8.88. The van der Waals surface area contributed by atoms with E-state index in [9.17, 15) is 0 Å². The lowest BCUT2D eigenvalue weighted by Gasteiger charge is -1.97. The number of hydrogen-bond acceptors (Lipinski definition) is 3. The first-order chi connectivity index (χ1) is 7.38. The molecule has 0 aliphatic rings. The van der Waals surface area contributed by atoms with E-state index in [1.165, 1.54) is 15.8 Å². The van der Waals surface area contributed by atoms with E-state index in [2.05, 4.69) is 27.6 Å². The number of rotatable bonds is 2. The molecule has 4 heteroatoms. The molecule has 0 atom stereocenters. The van der Waals surface area contributed by atoms with E-state index in [0.717, 1.165) is 11.4 Å². The van der Waals surface area contributed by atoms with Gasteiger partial charge in [-0.25, -0.2) is 4.98 Å². The van der Waals surface area contributed by atoms with Crippen molar-refractivity contribution in [3.05, 3.63) is 36.2 Å². The fourth-order valence-corrected chi connectivity index (χ4v) is 2.82. The van der Waals surface area contributed by atoms with Gasteiger partial charge in [-0.15, -0.1) is 0 Å². The number of hydrogen-bond donors (Lipinski definition) is 1. The number of aliphatic hydroxyl groups is 1. The van der Waals surface area contributed by atoms with Crippen LogP contribution in [0.4, 0.5) is 0 Å². The van der Waals surface area contributed by atoms with Gasteiger partial charge in [0.15, 0.2) is 4.96 Å². The van der Waals surface area contributed by atoms with Crippen LogP contribution in [0.2, 0.25) is 0 Å². The Kier molecular flexibility index (Phi) is 1.97. The summed E-state index contributed by atoms with van der Waals surface area (Å²) in [7, 11) is 0. The molecular weight excluding hydrogens is 208 g/mol. The van der Waals surface area contributed by atoms with Crippen molar-refractivity contribution in [3.63, 3.8) is 0 Å². The van der Waals surface area contributed by atoms with Crippen LogP contribution in [0.3, 0.4) is 0 Å². The van der Waals surface area contributed by atoms with Crippen LogP contribution in [0.5, 0.6) is 0 Å². The number of benzene rings is 1. The zero-order chi connectivity index (χ0) is 10.3. The van der Waals surface area contributed by atoms with Gasteiger partial charge in [0.2, 0.25) is 0 Å². The minimum Gasteiger partial charge on any atom is -0.396 e. The Morgan fingerprint density at radius 1 is 1.40 bits per heavy atom. The average Bonchev–Trinajstić information content (AvgIpc) is 2.77. The smallest absolute Gasteiger partial charge is 0.194 e. The number of nitrogens with zero attached hydrogens (tertiary/aromatic N) is 2. The van der Waals surface area contributed by atoms with Crippen LogP contribution < -0.4 is 0 Å². The van der Waals surface area contributed by atoms with Crippen molar-refractivity contribution in [2.75, 3.05) is 6.61 Å². The van der Waals surface area contributed by atoms with Crippen LogP contribution in [0.15, 0.2) is 30.6 Å². The molecule has 0 radical (unpaired) electrons. The molecule has 0 bridgehead atoms. The van der Waals surface area contributed by atoms with Gasteiger partial charge in [-0.1, -0.05) is 17.4 Å². The molecule has 2 aromatic heterocycles. The molecule has 3 rings (SSSR count). The molecular formula is C11H10N2OS. The van der Waals surface area contributed by atoms with E-state index in [1.54, 1.807) is 11.3 Å². The first-order valence-corrected chi connectivity index (χ1v) is 5.65. The molecule has 76 valence electrons. The summed E-state index contributed by atoms with van der Waals surface area (Å²) in [5.41, 5.74) is 2.36. The molecule has 2 heterocycles. The van der Waals surface area contributed by atoms with Crippen LogP contribution in [0, 0.1) is 0 Å². The van der Waals surface area contributed by atoms with E-state index >= 15 is 0 Å². The maximum Gasteiger partial charge on any atom is 0.194 e. The van der Waals surface area contributed by atoms with Crippen molar-refractivity contribution in [1.29, 1.82) is 0 Å². The molecule has 0 amide bonds. The first-order valence-electron chi connectivity index (χ1n) is 4.84. The van der Waals surface area contributed by atoms with Gasteiger partial charge in [-0.2, -0.15) is 0 Å². The Morgan fingerprint density at radius 2 is 2.33 bits per heavy atom. The van der Waals surface area contributed by atoms with Crippen molar-refractivity contribution in [1.82, 2.24) is 9.38 Å². The summed E-state index contributed by atoms with van der Waals surface area (Å²) in [5, 5.41) is 8.88. The molecule has 0 aliphatic heterocycles. The minimum atomic E-state index is 0.202. The van der Waals surface area contributed by atoms with Crippen LogP contribution in [-0.4, -0.2) is 21.1 Å². The van der Waals surface area contributed by atoms with Gasteiger partial charge in [-0.05, 0) is 24.1 Å². The average molecular weight is 218 g/mol. The summed E-state index contributed by atoms with van der Waals surface area (Å²) in [6.45, 7) is 0.202. The molecule has 0 saturated carbocycles. The molecule has 3 aromatic rings. The minimum absolute atomic E-state index is 0.202. The number of imidazole rings is 1. The van der Waals surface area contributed by atoms with E-state index in [4.69, 9.17) is 5.11 Å². The van der Waals surface area contributed by atoms with Gasteiger partial charge in [0.1, 0.15) is 0 Å². The highest BCUT2D eigenvalue weighted by atomic mass is 32.1. The molecule has 0 unspecified atom stereocenters. The molecule has 0 fully saturated rings. The third-order valence-corrected chi connectivity index (χ3v) is 3.52. The highest BCUT2D eigenvalue weighted by Crippen LogP contribution is 2.26. The number of aromatic nitrogens is 2. The number of thiazole rings is 1. The summed E-state index contributed by atoms with van der Waals surface area (Å²) >= 11 is 1.68. The number of fused-ring (bicyclic) bond motifs is 3. The van der Waals surface area contributed by atoms with Crippen LogP contribution in [0.25, 0.3) is 15.2 Å². The van der Waals surface area contributed by atoms with Gasteiger partial charge in [0.05, 0.1) is 10.2 Å². The Balaban J connectivity index is 2.26. The highest BCUT2D eigenvalue weighted by molar-refractivity contribution is 7.23. The van der Waals surface area contributed by atoms with E-state index in [1.807, 2.05) is 12.4 Å². The quantitative estimate of drug-likeness (QED) is 0.715. The van der Waals surface area contributed by atoms with Crippen LogP contribution >= 0.6 is 11.3 Å². The Labute approximate surface area is 90.6 Å². The molecule has 3 nitrogen and oxygen atoms in total. The van der Waals surface area contributed by atoms with Crippen LogP contribution in [0.1, 0.15) is 5.56 Å². The lowest BCUT2D eigenvalue weighted by molar-refractivity contribution is 0.299. The predicted octanol–water partition coefficient (Wildman–Crippen LogP) is 2.08. The maximum absolute atomic E-state index is 8.88. The van der Waals surface area contributed by atoms with Gasteiger partial charge < -0.3 is 5.11 Å². The molecule has 0 saturated heterocycles. The van der Waals surface area contributed by atoms with E-state index in [0.29, 0.717) is 0 Å². The highest BCUT2D eigenvalue weighted by Gasteiger charge is 2.05. The summed E-state index contributed by atoms with van der Waals surface area (Å²) in [5.74, 6) is 0. The summed E-state index contributed by atoms with van der Waals surface area (Å²) in [6.07, 6.45) is 4.50. The summed E-state index contributed by atoms with van der Waals surface area (Å²) in [6, 6.07) is 6.28. The number of aliphatic hydroxyl groups excluding tert-OH is 1. The lowest BCUT2D eigenvalue weighted by Crippen LogP contribution is -1.89. The Hall–Kier alpha value is -1.39. The van der Waals surface area contributed by atoms with E-state index in [-0.39, 0.29) is 6.61 Å². The van der Waals surface area contributed by atoms with Crippen molar-refractivity contribution in [3.8, 4) is 0 Å². The van der Waals surface area contributed by atoms with Crippen molar-refractivity contribution < 1.29 is 5.11 Å². The third kappa shape index (κ3) is 1.33. The van der Waals surface area contributed by atoms with Crippen molar-refractivity contribution >= 4 is 26.5 Å². The first kappa shape index (κ1) is 8.88. The zero-order valence-electron chi connectivity index (χ0n) is 8.05. The van der Waals surface area contributed by atoms with Crippen molar-refractivity contribution in [2.24, 2.45) is 0 Å². The standard InChI is InChI=1S/C11H10N2OS/c14-6-3-8-1-2-9-10(7-8)15-11-12-4-5-13(9)11/h1-2,4-5,7,14H,3,6H2. The molecule has 15 heavy (non-hydrogen) atoms. The van der Waals surface area contributed by atoms with Crippen molar-refractivity contribution in [2.45, 2.75) is 6.42 Å². The van der Waals surface area contributed by atoms with Crippen LogP contribution in [-0.2, 0) is 6.42 Å². The summed E-state index contributed by atoms with van der Waals surface area (Å²) in [4.78, 5) is 5.28. The van der Waals surface area contributed by atoms with Gasteiger partial charge in [0.25, 0.3) is 0 Å². The topological polar surface area (TPSA) is 37.5 Å². The van der Waals surface area contributed by atoms with Gasteiger partial charge in [-0.3, -0.25) is 4.40 Å². The van der Waals surface area contributed by atoms with E-state index < -0.39 is 0 Å². The SMILES string of the molecule is OCCc1ccc2c(c1)sc1nccn12. The molecule has 0 aliphatic carbocycles. The molecule has 1 N–H and O–H groups in total. The Bertz CT molecular complexity index is 611. The van der Waals surface area contributed by atoms with Gasteiger partial charge in [0, 0.05) is 19.0 Å². The fourth-order valence-electron chi connectivity index (χ4n) is 1.77. The third-order valence-electron chi connectivity index (χ3n) is 2.49. The largest absolute Gasteiger partial charge is 0.396 e. The Morgan fingerprint density at radius 3 is 3.20 bits per heavy atom. The second kappa shape index (κ2) is 3.32. The monoisotopic (exact) mass is 218 g/mol.